The molecule has 12 heteroatoms. The zero-order valence-corrected chi connectivity index (χ0v) is 18.1. The van der Waals surface area contributed by atoms with Gasteiger partial charge in [0.2, 0.25) is 0 Å². The summed E-state index contributed by atoms with van der Waals surface area (Å²) in [5.74, 6) is -0.220. The minimum atomic E-state index is -4.70. The quantitative estimate of drug-likeness (QED) is 0.456. The molecular formula is C20H24ClF3N4O4. The topological polar surface area (TPSA) is 93.7 Å². The minimum Gasteiger partial charge on any atom is -0.406 e. The molecule has 1 fully saturated rings. The lowest BCUT2D eigenvalue weighted by Gasteiger charge is -2.36. The van der Waals surface area contributed by atoms with E-state index in [4.69, 9.17) is 11.6 Å². The summed E-state index contributed by atoms with van der Waals surface area (Å²) in [6, 6.07) is 5.93. The third-order valence-corrected chi connectivity index (χ3v) is 5.67. The second-order valence-corrected chi connectivity index (χ2v) is 8.70. The Morgan fingerprint density at radius 1 is 1.25 bits per heavy atom. The first-order chi connectivity index (χ1) is 14.9. The largest absolute Gasteiger partial charge is 0.573 e. The predicted molar refractivity (Wildman–Crippen MR) is 111 cm³/mol. The smallest absolute Gasteiger partial charge is 0.406 e. The van der Waals surface area contributed by atoms with Crippen molar-refractivity contribution < 1.29 is 27.9 Å². The van der Waals surface area contributed by atoms with E-state index in [9.17, 15) is 28.4 Å². The van der Waals surface area contributed by atoms with Crippen LogP contribution in [0.2, 0.25) is 5.28 Å². The number of alkyl halides is 3. The number of hydrogen-bond acceptors (Lipinski definition) is 6. The van der Waals surface area contributed by atoms with Crippen molar-refractivity contribution in [3.05, 3.63) is 51.4 Å². The Morgan fingerprint density at radius 2 is 1.88 bits per heavy atom. The number of rotatable bonds is 8. The summed E-state index contributed by atoms with van der Waals surface area (Å²) in [5, 5.41) is 21.6. The number of piperidine rings is 1. The average Bonchev–Trinajstić information content (AvgIpc) is 3.03. The lowest BCUT2D eigenvalue weighted by Crippen LogP contribution is -2.46. The number of β-amino-alcohol motifs (C(OH)–C–C–N with tert-alkyl or cyclic N) is 1. The van der Waals surface area contributed by atoms with Crippen LogP contribution in [0.1, 0.15) is 25.3 Å². The number of likely N-dealkylation sites (tertiary alicyclic amines) is 1. The van der Waals surface area contributed by atoms with Crippen LogP contribution in [-0.4, -0.2) is 56.1 Å². The first-order valence-corrected chi connectivity index (χ1v) is 10.4. The van der Waals surface area contributed by atoms with Crippen LogP contribution in [0.3, 0.4) is 0 Å². The van der Waals surface area contributed by atoms with Gasteiger partial charge in [-0.1, -0.05) is 12.1 Å². The fourth-order valence-corrected chi connectivity index (χ4v) is 4.18. The van der Waals surface area contributed by atoms with Gasteiger partial charge in [0, 0.05) is 6.54 Å². The molecule has 176 valence electrons. The molecule has 1 saturated heterocycles. The minimum absolute atomic E-state index is 0.0534. The molecule has 1 N–H and O–H groups in total. The Labute approximate surface area is 187 Å². The van der Waals surface area contributed by atoms with Gasteiger partial charge in [-0.15, -0.1) is 13.2 Å². The molecule has 1 aliphatic heterocycles. The van der Waals surface area contributed by atoms with Crippen LogP contribution in [0.25, 0.3) is 0 Å². The van der Waals surface area contributed by atoms with Crippen LogP contribution in [0.4, 0.5) is 19.0 Å². The molecule has 2 aromatic rings. The number of hydrogen-bond donors (Lipinski definition) is 1. The normalized spacial score (nSPS) is 17.8. The third kappa shape index (κ3) is 7.07. The van der Waals surface area contributed by atoms with Crippen LogP contribution >= 0.6 is 11.6 Å². The van der Waals surface area contributed by atoms with Crippen LogP contribution < -0.4 is 4.74 Å². The highest BCUT2D eigenvalue weighted by Crippen LogP contribution is 2.27. The Balaban J connectivity index is 1.47. The molecule has 1 aromatic heterocycles. The number of benzene rings is 1. The van der Waals surface area contributed by atoms with Gasteiger partial charge in [-0.05, 0) is 84.4 Å². The fourth-order valence-electron chi connectivity index (χ4n) is 3.99. The van der Waals surface area contributed by atoms with Crippen LogP contribution in [-0.2, 0) is 13.0 Å². The average molecular weight is 477 g/mol. The molecule has 1 aromatic carbocycles. The molecule has 8 nitrogen and oxygen atoms in total. The number of halogens is 4. The van der Waals surface area contributed by atoms with E-state index in [2.05, 4.69) is 14.6 Å². The van der Waals surface area contributed by atoms with Gasteiger partial charge >= 0.3 is 17.5 Å². The summed E-state index contributed by atoms with van der Waals surface area (Å²) < 4.78 is 42.0. The van der Waals surface area contributed by atoms with Gasteiger partial charge in [0.25, 0.3) is 0 Å². The van der Waals surface area contributed by atoms with Gasteiger partial charge in [-0.25, -0.2) is 0 Å². The summed E-state index contributed by atoms with van der Waals surface area (Å²) in [7, 11) is 0. The molecule has 32 heavy (non-hydrogen) atoms. The van der Waals surface area contributed by atoms with Crippen LogP contribution in [0.5, 0.6) is 5.75 Å². The number of nitro groups is 1. The number of ether oxygens (including phenoxy) is 1. The van der Waals surface area contributed by atoms with Crippen molar-refractivity contribution >= 4 is 17.4 Å². The zero-order chi connectivity index (χ0) is 23.5. The maximum Gasteiger partial charge on any atom is 0.573 e. The molecule has 0 unspecified atom stereocenters. The summed E-state index contributed by atoms with van der Waals surface area (Å²) in [5.41, 5.74) is -0.222. The van der Waals surface area contributed by atoms with E-state index in [0.29, 0.717) is 12.5 Å². The van der Waals surface area contributed by atoms with Crippen molar-refractivity contribution in [3.8, 4) is 5.75 Å². The van der Waals surface area contributed by atoms with Gasteiger partial charge in [-0.2, -0.15) is 0 Å². The lowest BCUT2D eigenvalue weighted by molar-refractivity contribution is -0.389. The standard InChI is InChI=1S/C20H24ClF3N4O4/c1-19(29,13-27-11-17(28(30)31)25-18(27)21)12-26-8-6-15(7-9-26)10-14-2-4-16(5-3-14)32-20(22,23)24/h2-5,11,15,29H,6-10,12-13H2,1H3/t19-/m0/s1. The second kappa shape index (κ2) is 9.63. The van der Waals surface area contributed by atoms with Crippen molar-refractivity contribution in [1.29, 1.82) is 0 Å². The number of aromatic nitrogens is 2. The first-order valence-electron chi connectivity index (χ1n) is 10.1. The van der Waals surface area contributed by atoms with E-state index in [0.717, 1.165) is 37.9 Å². The molecule has 3 rings (SSSR count). The van der Waals surface area contributed by atoms with Gasteiger partial charge in [-0.3, -0.25) is 4.57 Å². The van der Waals surface area contributed by atoms with E-state index in [1.165, 1.54) is 22.9 Å². The predicted octanol–water partition coefficient (Wildman–Crippen LogP) is 4.05. The molecule has 0 aliphatic carbocycles. The maximum absolute atomic E-state index is 12.3. The number of imidazole rings is 1. The SMILES string of the molecule is C[C@](O)(CN1CCC(Cc2ccc(OC(F)(F)F)cc2)CC1)Cn1cc([N+](=O)[O-])nc1Cl. The van der Waals surface area contributed by atoms with Gasteiger partial charge in [0.1, 0.15) is 11.9 Å². The summed E-state index contributed by atoms with van der Waals surface area (Å²) in [6.07, 6.45) is -0.977. The molecule has 0 saturated carbocycles. The fraction of sp³-hybridized carbons (Fsp3) is 0.550. The van der Waals surface area contributed by atoms with Crippen molar-refractivity contribution in [2.45, 2.75) is 44.7 Å². The Morgan fingerprint density at radius 3 is 2.41 bits per heavy atom. The van der Waals surface area contributed by atoms with Crippen molar-refractivity contribution in [2.24, 2.45) is 5.92 Å². The van der Waals surface area contributed by atoms with Crippen molar-refractivity contribution in [1.82, 2.24) is 14.5 Å². The monoisotopic (exact) mass is 476 g/mol. The molecular weight excluding hydrogens is 453 g/mol. The maximum atomic E-state index is 12.3. The van der Waals surface area contributed by atoms with E-state index in [1.54, 1.807) is 19.1 Å². The van der Waals surface area contributed by atoms with Gasteiger partial charge in [0.15, 0.2) is 0 Å². The Hall–Kier alpha value is -2.37. The van der Waals surface area contributed by atoms with Crippen LogP contribution in [0, 0.1) is 16.0 Å². The summed E-state index contributed by atoms with van der Waals surface area (Å²) in [4.78, 5) is 16.0. The van der Waals surface area contributed by atoms with E-state index in [-0.39, 0.29) is 23.4 Å². The Kier molecular flexibility index (Phi) is 7.31. The van der Waals surface area contributed by atoms with Crippen LogP contribution in [0.15, 0.2) is 30.5 Å². The van der Waals surface area contributed by atoms with Gasteiger partial charge < -0.3 is 24.9 Å². The molecule has 0 amide bonds. The molecule has 1 atom stereocenters. The highest BCUT2D eigenvalue weighted by molar-refractivity contribution is 6.28. The molecule has 2 heterocycles. The highest BCUT2D eigenvalue weighted by Gasteiger charge is 2.32. The summed E-state index contributed by atoms with van der Waals surface area (Å²) >= 11 is 5.93. The number of nitrogens with zero attached hydrogens (tertiary/aromatic N) is 4. The first kappa shape index (κ1) is 24.3. The second-order valence-electron chi connectivity index (χ2n) is 8.37. The third-order valence-electron chi connectivity index (χ3n) is 5.37. The molecule has 0 spiro atoms. The molecule has 1 aliphatic rings. The molecule has 0 bridgehead atoms. The molecule has 0 radical (unpaired) electrons. The highest BCUT2D eigenvalue weighted by atomic mass is 35.5. The van der Waals surface area contributed by atoms with Crippen molar-refractivity contribution in [3.63, 3.8) is 0 Å². The van der Waals surface area contributed by atoms with Crippen molar-refractivity contribution in [2.75, 3.05) is 19.6 Å². The van der Waals surface area contributed by atoms with Gasteiger partial charge in [0.05, 0.1) is 12.1 Å². The van der Waals surface area contributed by atoms with E-state index < -0.39 is 16.9 Å². The summed E-state index contributed by atoms with van der Waals surface area (Å²) in [6.45, 7) is 3.60. The lowest BCUT2D eigenvalue weighted by atomic mass is 9.89. The van der Waals surface area contributed by atoms with E-state index >= 15 is 0 Å². The van der Waals surface area contributed by atoms with E-state index in [1.807, 2.05) is 0 Å². The number of aliphatic hydroxyl groups is 1. The zero-order valence-electron chi connectivity index (χ0n) is 17.4. The Bertz CT molecular complexity index is 926.